The van der Waals surface area contributed by atoms with E-state index in [-0.39, 0.29) is 5.91 Å². The van der Waals surface area contributed by atoms with E-state index in [4.69, 9.17) is 0 Å². The highest BCUT2D eigenvalue weighted by atomic mass is 16.2. The maximum atomic E-state index is 11.3. The van der Waals surface area contributed by atoms with E-state index in [9.17, 15) is 4.79 Å². The summed E-state index contributed by atoms with van der Waals surface area (Å²) in [6, 6.07) is 0. The third-order valence-corrected chi connectivity index (χ3v) is 1.31. The first kappa shape index (κ1) is 9.95. The molecule has 0 aliphatic carbocycles. The van der Waals surface area contributed by atoms with Crippen molar-refractivity contribution in [2.45, 2.75) is 13.8 Å². The Hall–Kier alpha value is -1.05. The molecule has 0 atom stereocenters. The lowest BCUT2D eigenvalue weighted by atomic mass is 10.2. The molecule has 0 saturated carbocycles. The molecule has 0 bridgehead atoms. The summed E-state index contributed by atoms with van der Waals surface area (Å²) in [6.45, 7) is 3.75. The average Bonchev–Trinajstić information content (AvgIpc) is 1.98. The Balaban J connectivity index is 4.41. The highest BCUT2D eigenvalue weighted by molar-refractivity contribution is 5.95. The van der Waals surface area contributed by atoms with Crippen molar-refractivity contribution >= 4 is 5.91 Å². The van der Waals surface area contributed by atoms with Crippen molar-refractivity contribution in [2.24, 2.45) is 0 Å². The van der Waals surface area contributed by atoms with Crippen LogP contribution in [0, 0.1) is 0 Å². The molecule has 0 heterocycles. The maximum absolute atomic E-state index is 11.3. The van der Waals surface area contributed by atoms with Crippen molar-refractivity contribution in [3.8, 4) is 0 Å². The summed E-state index contributed by atoms with van der Waals surface area (Å²) >= 11 is 0. The van der Waals surface area contributed by atoms with Gasteiger partial charge >= 0.3 is 0 Å². The van der Waals surface area contributed by atoms with Gasteiger partial charge in [-0.1, -0.05) is 18.2 Å². The second-order valence-electron chi connectivity index (χ2n) is 2.44. The third-order valence-electron chi connectivity index (χ3n) is 1.31. The molecule has 2 heteroatoms. The maximum Gasteiger partial charge on any atom is 0.252 e. The number of carbonyl (C=O) groups excluding carboxylic acids is 1. The molecular weight excluding hydrogens is 138 g/mol. The summed E-state index contributed by atoms with van der Waals surface area (Å²) in [5.41, 5.74) is 0.734. The molecule has 0 radical (unpaired) electrons. The van der Waals surface area contributed by atoms with Crippen molar-refractivity contribution in [1.29, 1.82) is 0 Å². The first-order valence-corrected chi connectivity index (χ1v) is 3.64. The van der Waals surface area contributed by atoms with Crippen LogP contribution < -0.4 is 0 Å². The molecule has 11 heavy (non-hydrogen) atoms. The van der Waals surface area contributed by atoms with Gasteiger partial charge in [-0.2, -0.15) is 0 Å². The first-order valence-electron chi connectivity index (χ1n) is 3.64. The van der Waals surface area contributed by atoms with Crippen LogP contribution in [0.15, 0.2) is 23.8 Å². The van der Waals surface area contributed by atoms with E-state index in [1.165, 1.54) is 0 Å². The SMILES string of the molecule is CC=CC(=CC)C(=O)N(C)C. The van der Waals surface area contributed by atoms with E-state index in [2.05, 4.69) is 0 Å². The number of amides is 1. The quantitative estimate of drug-likeness (QED) is 0.436. The molecule has 0 spiro atoms. The summed E-state index contributed by atoms with van der Waals surface area (Å²) in [7, 11) is 3.49. The zero-order valence-corrected chi connectivity index (χ0v) is 7.59. The van der Waals surface area contributed by atoms with Gasteiger partial charge in [-0.3, -0.25) is 4.79 Å². The van der Waals surface area contributed by atoms with Gasteiger partial charge in [0.2, 0.25) is 0 Å². The molecule has 0 aliphatic heterocycles. The number of allylic oxidation sites excluding steroid dienone is 2. The van der Waals surface area contributed by atoms with Crippen LogP contribution in [0.25, 0.3) is 0 Å². The largest absolute Gasteiger partial charge is 0.345 e. The van der Waals surface area contributed by atoms with E-state index in [1.807, 2.05) is 32.1 Å². The number of carbonyl (C=O) groups is 1. The van der Waals surface area contributed by atoms with E-state index in [1.54, 1.807) is 19.0 Å². The Bertz CT molecular complexity index is 190. The zero-order chi connectivity index (χ0) is 8.85. The van der Waals surface area contributed by atoms with Crippen LogP contribution in [0.2, 0.25) is 0 Å². The van der Waals surface area contributed by atoms with Gasteiger partial charge in [0.05, 0.1) is 0 Å². The number of hydrogen-bond acceptors (Lipinski definition) is 1. The Morgan fingerprint density at radius 2 is 1.82 bits per heavy atom. The van der Waals surface area contributed by atoms with Crippen LogP contribution in [-0.4, -0.2) is 24.9 Å². The summed E-state index contributed by atoms with van der Waals surface area (Å²) in [4.78, 5) is 12.8. The van der Waals surface area contributed by atoms with Crippen molar-refractivity contribution < 1.29 is 4.79 Å². The molecule has 0 aromatic carbocycles. The van der Waals surface area contributed by atoms with Crippen LogP contribution in [0.3, 0.4) is 0 Å². The predicted octanol–water partition coefficient (Wildman–Crippen LogP) is 1.60. The first-order chi connectivity index (χ1) is 5.13. The minimum Gasteiger partial charge on any atom is -0.345 e. The lowest BCUT2D eigenvalue weighted by Crippen LogP contribution is -2.22. The molecule has 0 rings (SSSR count). The van der Waals surface area contributed by atoms with Gasteiger partial charge in [0.1, 0.15) is 0 Å². The zero-order valence-electron chi connectivity index (χ0n) is 7.59. The fourth-order valence-corrected chi connectivity index (χ4v) is 0.729. The monoisotopic (exact) mass is 153 g/mol. The van der Waals surface area contributed by atoms with Gasteiger partial charge in [-0.25, -0.2) is 0 Å². The van der Waals surface area contributed by atoms with Crippen molar-refractivity contribution in [2.75, 3.05) is 14.1 Å². The molecule has 0 N–H and O–H groups in total. The molecule has 0 aliphatic rings. The van der Waals surface area contributed by atoms with Gasteiger partial charge in [0.15, 0.2) is 0 Å². The molecule has 0 fully saturated rings. The molecule has 1 amide bonds. The van der Waals surface area contributed by atoms with Crippen LogP contribution in [0.4, 0.5) is 0 Å². The summed E-state index contributed by atoms with van der Waals surface area (Å²) in [6.07, 6.45) is 5.47. The second-order valence-corrected chi connectivity index (χ2v) is 2.44. The van der Waals surface area contributed by atoms with Gasteiger partial charge in [0, 0.05) is 19.7 Å². The van der Waals surface area contributed by atoms with Crippen molar-refractivity contribution in [1.82, 2.24) is 4.90 Å². The molecule has 0 aromatic heterocycles. The topological polar surface area (TPSA) is 20.3 Å². The summed E-state index contributed by atoms with van der Waals surface area (Å²) in [5.74, 6) is 0.0469. The number of likely N-dealkylation sites (N-methyl/N-ethyl adjacent to an activating group) is 1. The highest BCUT2D eigenvalue weighted by Gasteiger charge is 2.05. The Morgan fingerprint density at radius 1 is 1.27 bits per heavy atom. The lowest BCUT2D eigenvalue weighted by Gasteiger charge is -2.09. The standard InChI is InChI=1S/C9H15NO/c1-5-7-8(6-2)9(11)10(3)4/h5-7H,1-4H3. The van der Waals surface area contributed by atoms with Crippen molar-refractivity contribution in [3.05, 3.63) is 23.8 Å². The van der Waals surface area contributed by atoms with Gasteiger partial charge in [-0.15, -0.1) is 0 Å². The smallest absolute Gasteiger partial charge is 0.252 e. The highest BCUT2D eigenvalue weighted by Crippen LogP contribution is 2.00. The van der Waals surface area contributed by atoms with Crippen molar-refractivity contribution in [3.63, 3.8) is 0 Å². The van der Waals surface area contributed by atoms with E-state index in [0.717, 1.165) is 5.57 Å². The van der Waals surface area contributed by atoms with E-state index >= 15 is 0 Å². The second kappa shape index (κ2) is 4.72. The molecular formula is C9H15NO. The van der Waals surface area contributed by atoms with E-state index in [0.29, 0.717) is 0 Å². The van der Waals surface area contributed by atoms with E-state index < -0.39 is 0 Å². The molecule has 0 unspecified atom stereocenters. The average molecular weight is 153 g/mol. The summed E-state index contributed by atoms with van der Waals surface area (Å²) < 4.78 is 0. The molecule has 0 saturated heterocycles. The number of rotatable bonds is 2. The lowest BCUT2D eigenvalue weighted by molar-refractivity contribution is -0.124. The minimum atomic E-state index is 0.0469. The Labute approximate surface area is 68.2 Å². The normalized spacial score (nSPS) is 12.2. The Morgan fingerprint density at radius 3 is 2.09 bits per heavy atom. The molecule has 62 valence electrons. The van der Waals surface area contributed by atoms with Gasteiger partial charge in [0.25, 0.3) is 5.91 Å². The van der Waals surface area contributed by atoms with Crippen LogP contribution in [0.1, 0.15) is 13.8 Å². The molecule has 0 aromatic rings. The number of hydrogen-bond donors (Lipinski definition) is 0. The van der Waals surface area contributed by atoms with Crippen LogP contribution in [-0.2, 0) is 4.79 Å². The fourth-order valence-electron chi connectivity index (χ4n) is 0.729. The molecule has 2 nitrogen and oxygen atoms in total. The fraction of sp³-hybridized carbons (Fsp3) is 0.444. The third kappa shape index (κ3) is 3.03. The number of nitrogens with zero attached hydrogens (tertiary/aromatic N) is 1. The van der Waals surface area contributed by atoms with Gasteiger partial charge < -0.3 is 4.90 Å². The van der Waals surface area contributed by atoms with Crippen LogP contribution >= 0.6 is 0 Å². The predicted molar refractivity (Wildman–Crippen MR) is 47.3 cm³/mol. The van der Waals surface area contributed by atoms with Gasteiger partial charge in [-0.05, 0) is 13.8 Å². The minimum absolute atomic E-state index is 0.0469. The van der Waals surface area contributed by atoms with Crippen LogP contribution in [0.5, 0.6) is 0 Å². The Kier molecular flexibility index (Phi) is 4.27. The summed E-state index contributed by atoms with van der Waals surface area (Å²) in [5, 5.41) is 0.